The maximum Gasteiger partial charge on any atom is 0.409 e. The van der Waals surface area contributed by atoms with Gasteiger partial charge >= 0.3 is 12.2 Å². The summed E-state index contributed by atoms with van der Waals surface area (Å²) in [4.78, 5) is 24.9. The molecule has 0 aromatic rings. The molecule has 1 atom stereocenters. The fraction of sp³-hybridized carbons (Fsp3) is 0.867. The molecule has 0 aromatic heterocycles. The highest BCUT2D eigenvalue weighted by Gasteiger charge is 2.27. The standard InChI is InChI=1S/C15H29N3O4/c1-5-21-14(20)18-8-6-11(7-9-18)12(16)10-17-13(19)22-15(2,3)4/h11-12H,5-10,16H2,1-4H3,(H,17,19). The normalized spacial score (nSPS) is 17.8. The van der Waals surface area contributed by atoms with Crippen molar-refractivity contribution in [3.05, 3.63) is 0 Å². The third kappa shape index (κ3) is 6.51. The molecule has 7 nitrogen and oxygen atoms in total. The molecule has 1 heterocycles. The average Bonchev–Trinajstić information content (AvgIpc) is 2.43. The third-order valence-electron chi connectivity index (χ3n) is 3.55. The predicted molar refractivity (Wildman–Crippen MR) is 83.5 cm³/mol. The van der Waals surface area contributed by atoms with Crippen LogP contribution in [0.15, 0.2) is 0 Å². The van der Waals surface area contributed by atoms with Gasteiger partial charge in [-0.1, -0.05) is 0 Å². The average molecular weight is 315 g/mol. The lowest BCUT2D eigenvalue weighted by Crippen LogP contribution is -2.48. The molecule has 0 radical (unpaired) electrons. The summed E-state index contributed by atoms with van der Waals surface area (Å²) < 4.78 is 10.2. The van der Waals surface area contributed by atoms with Crippen LogP contribution in [-0.4, -0.2) is 55.0 Å². The van der Waals surface area contributed by atoms with Crippen molar-refractivity contribution in [3.8, 4) is 0 Å². The summed E-state index contributed by atoms with van der Waals surface area (Å²) in [5, 5.41) is 2.70. The Labute approximate surface area is 132 Å². The lowest BCUT2D eigenvalue weighted by Gasteiger charge is -2.34. The van der Waals surface area contributed by atoms with Gasteiger partial charge in [-0.05, 0) is 46.5 Å². The van der Waals surface area contributed by atoms with Crippen LogP contribution in [0.1, 0.15) is 40.5 Å². The molecule has 0 aliphatic carbocycles. The Morgan fingerprint density at radius 2 is 1.91 bits per heavy atom. The first-order valence-corrected chi connectivity index (χ1v) is 7.87. The molecule has 7 heteroatoms. The van der Waals surface area contributed by atoms with E-state index < -0.39 is 11.7 Å². The minimum absolute atomic E-state index is 0.142. The molecule has 1 unspecified atom stereocenters. The summed E-state index contributed by atoms with van der Waals surface area (Å²) in [7, 11) is 0. The van der Waals surface area contributed by atoms with Gasteiger partial charge in [0.2, 0.25) is 0 Å². The van der Waals surface area contributed by atoms with Gasteiger partial charge in [0.15, 0.2) is 0 Å². The Morgan fingerprint density at radius 3 is 2.41 bits per heavy atom. The van der Waals surface area contributed by atoms with Crippen LogP contribution in [0.2, 0.25) is 0 Å². The number of ether oxygens (including phenoxy) is 2. The van der Waals surface area contributed by atoms with E-state index in [2.05, 4.69) is 5.32 Å². The van der Waals surface area contributed by atoms with Crippen molar-refractivity contribution in [2.75, 3.05) is 26.2 Å². The molecule has 1 aliphatic rings. The lowest BCUT2D eigenvalue weighted by atomic mass is 9.90. The Balaban J connectivity index is 2.29. The smallest absolute Gasteiger partial charge is 0.409 e. The Hall–Kier alpha value is -1.50. The number of rotatable bonds is 4. The number of piperidine rings is 1. The number of likely N-dealkylation sites (tertiary alicyclic amines) is 1. The van der Waals surface area contributed by atoms with E-state index in [1.807, 2.05) is 20.8 Å². The second-order valence-corrected chi connectivity index (χ2v) is 6.57. The minimum Gasteiger partial charge on any atom is -0.450 e. The van der Waals surface area contributed by atoms with E-state index in [9.17, 15) is 9.59 Å². The molecule has 0 bridgehead atoms. The molecule has 1 aliphatic heterocycles. The van der Waals surface area contributed by atoms with Gasteiger partial charge in [0.25, 0.3) is 0 Å². The van der Waals surface area contributed by atoms with Crippen molar-refractivity contribution < 1.29 is 19.1 Å². The van der Waals surface area contributed by atoms with E-state index in [-0.39, 0.29) is 18.1 Å². The number of alkyl carbamates (subject to hydrolysis) is 1. The number of carbonyl (C=O) groups is 2. The van der Waals surface area contributed by atoms with Gasteiger partial charge in [-0.25, -0.2) is 9.59 Å². The molecule has 3 N–H and O–H groups in total. The van der Waals surface area contributed by atoms with Crippen molar-refractivity contribution in [2.24, 2.45) is 11.7 Å². The summed E-state index contributed by atoms with van der Waals surface area (Å²) in [6.45, 7) is 9.29. The van der Waals surface area contributed by atoms with Gasteiger partial charge in [0, 0.05) is 25.7 Å². The fourth-order valence-corrected chi connectivity index (χ4v) is 2.41. The second kappa shape index (κ2) is 8.22. The van der Waals surface area contributed by atoms with Crippen molar-refractivity contribution in [1.29, 1.82) is 0 Å². The fourth-order valence-electron chi connectivity index (χ4n) is 2.41. The van der Waals surface area contributed by atoms with E-state index in [0.717, 1.165) is 12.8 Å². The van der Waals surface area contributed by atoms with Crippen LogP contribution < -0.4 is 11.1 Å². The first kappa shape index (κ1) is 18.5. The number of amides is 2. The second-order valence-electron chi connectivity index (χ2n) is 6.57. The number of nitrogens with one attached hydrogen (secondary N) is 1. The van der Waals surface area contributed by atoms with Crippen LogP contribution in [0.5, 0.6) is 0 Å². The number of nitrogens with zero attached hydrogens (tertiary/aromatic N) is 1. The summed E-state index contributed by atoms with van der Waals surface area (Å²) in [6, 6.07) is -0.142. The van der Waals surface area contributed by atoms with E-state index in [0.29, 0.717) is 26.2 Å². The van der Waals surface area contributed by atoms with E-state index in [1.54, 1.807) is 11.8 Å². The van der Waals surface area contributed by atoms with Crippen molar-refractivity contribution in [3.63, 3.8) is 0 Å². The molecule has 1 saturated heterocycles. The van der Waals surface area contributed by atoms with Gasteiger partial charge in [0.05, 0.1) is 6.61 Å². The summed E-state index contributed by atoms with van der Waals surface area (Å²) in [5.41, 5.74) is 5.62. The molecule has 0 saturated carbocycles. The zero-order valence-corrected chi connectivity index (χ0v) is 14.1. The Morgan fingerprint density at radius 1 is 1.32 bits per heavy atom. The highest BCUT2D eigenvalue weighted by molar-refractivity contribution is 5.68. The Bertz CT molecular complexity index is 373. The van der Waals surface area contributed by atoms with Gasteiger partial charge < -0.3 is 25.4 Å². The monoisotopic (exact) mass is 315 g/mol. The van der Waals surface area contributed by atoms with Crippen LogP contribution in [0, 0.1) is 5.92 Å². The molecular formula is C15H29N3O4. The lowest BCUT2D eigenvalue weighted by molar-refractivity contribution is 0.0517. The van der Waals surface area contributed by atoms with Crippen LogP contribution in [-0.2, 0) is 9.47 Å². The van der Waals surface area contributed by atoms with E-state index >= 15 is 0 Å². The van der Waals surface area contributed by atoms with Crippen LogP contribution in [0.4, 0.5) is 9.59 Å². The third-order valence-corrected chi connectivity index (χ3v) is 3.55. The van der Waals surface area contributed by atoms with Crippen molar-refractivity contribution in [2.45, 2.75) is 52.2 Å². The van der Waals surface area contributed by atoms with E-state index in [4.69, 9.17) is 15.2 Å². The van der Waals surface area contributed by atoms with Crippen LogP contribution in [0.3, 0.4) is 0 Å². The van der Waals surface area contributed by atoms with Crippen LogP contribution >= 0.6 is 0 Å². The largest absolute Gasteiger partial charge is 0.450 e. The number of hydrogen-bond donors (Lipinski definition) is 2. The molecule has 22 heavy (non-hydrogen) atoms. The zero-order chi connectivity index (χ0) is 16.8. The highest BCUT2D eigenvalue weighted by Crippen LogP contribution is 2.20. The maximum absolute atomic E-state index is 11.6. The molecule has 0 spiro atoms. The number of hydrogen-bond acceptors (Lipinski definition) is 5. The van der Waals surface area contributed by atoms with E-state index in [1.165, 1.54) is 0 Å². The minimum atomic E-state index is -0.515. The van der Waals surface area contributed by atoms with Crippen molar-refractivity contribution in [1.82, 2.24) is 10.2 Å². The molecule has 1 fully saturated rings. The maximum atomic E-state index is 11.6. The first-order valence-electron chi connectivity index (χ1n) is 7.87. The highest BCUT2D eigenvalue weighted by atomic mass is 16.6. The first-order chi connectivity index (χ1) is 10.2. The van der Waals surface area contributed by atoms with Gasteiger partial charge in [-0.15, -0.1) is 0 Å². The Kier molecular flexibility index (Phi) is 6.93. The SMILES string of the molecule is CCOC(=O)N1CCC(C(N)CNC(=O)OC(C)(C)C)CC1. The summed E-state index contributed by atoms with van der Waals surface area (Å²) >= 11 is 0. The number of carbonyl (C=O) groups excluding carboxylic acids is 2. The zero-order valence-electron chi connectivity index (χ0n) is 14.1. The molecule has 0 aromatic carbocycles. The quantitative estimate of drug-likeness (QED) is 0.823. The van der Waals surface area contributed by atoms with Gasteiger partial charge in [-0.3, -0.25) is 0 Å². The molecular weight excluding hydrogens is 286 g/mol. The van der Waals surface area contributed by atoms with Gasteiger partial charge in [0.1, 0.15) is 5.60 Å². The summed E-state index contributed by atoms with van der Waals surface area (Å²) in [6.07, 6.45) is 0.916. The number of nitrogens with two attached hydrogens (primary N) is 1. The van der Waals surface area contributed by atoms with Crippen LogP contribution in [0.25, 0.3) is 0 Å². The van der Waals surface area contributed by atoms with Gasteiger partial charge in [-0.2, -0.15) is 0 Å². The molecule has 2 amide bonds. The van der Waals surface area contributed by atoms with Crippen molar-refractivity contribution >= 4 is 12.2 Å². The topological polar surface area (TPSA) is 93.9 Å². The molecule has 1 rings (SSSR count). The predicted octanol–water partition coefficient (Wildman–Crippen LogP) is 1.71. The molecule has 128 valence electrons. The summed E-state index contributed by atoms with van der Waals surface area (Å²) in [5.74, 6) is 0.278.